The molecule has 0 bridgehead atoms. The van der Waals surface area contributed by atoms with Crippen LogP contribution in [0.25, 0.3) is 0 Å². The largest absolute Gasteiger partial charge is 0.328 e. The van der Waals surface area contributed by atoms with Crippen molar-refractivity contribution in [3.05, 3.63) is 84.8 Å². The summed E-state index contributed by atoms with van der Waals surface area (Å²) >= 11 is 1.46. The van der Waals surface area contributed by atoms with Gasteiger partial charge in [-0.25, -0.2) is 4.79 Å². The summed E-state index contributed by atoms with van der Waals surface area (Å²) < 4.78 is 1.08. The summed E-state index contributed by atoms with van der Waals surface area (Å²) in [6.45, 7) is 2.10. The Morgan fingerprint density at radius 1 is 1.23 bits per heavy atom. The number of thiophene rings is 1. The summed E-state index contributed by atoms with van der Waals surface area (Å²) in [7, 11) is 0. The third-order valence-corrected chi connectivity index (χ3v) is 5.47. The first-order valence-corrected chi connectivity index (χ1v) is 9.20. The number of nitrogens with zero attached hydrogens (tertiary/aromatic N) is 2. The zero-order chi connectivity index (χ0) is 18.3. The van der Waals surface area contributed by atoms with Gasteiger partial charge in [-0.3, -0.25) is 14.2 Å². The topological polar surface area (TPSA) is 75.2 Å². The van der Waals surface area contributed by atoms with Crippen LogP contribution in [0.3, 0.4) is 0 Å². The molecule has 3 aromatic rings. The fourth-order valence-corrected chi connectivity index (χ4v) is 4.06. The van der Waals surface area contributed by atoms with Crippen LogP contribution in [-0.2, 0) is 13.0 Å². The monoisotopic (exact) mass is 367 g/mol. The normalized spacial score (nSPS) is 15.9. The number of nitrogens with one attached hydrogen (secondary N) is 1. The Balaban J connectivity index is 1.76. The third kappa shape index (κ3) is 2.70. The standard InChI is InChI=1S/C19H17N3O3S/c1-12-9-13-5-2-3-7-16(13)22(12)18(24)15-10-20-19(25)21(17(15)23)11-14-6-4-8-26-14/h2-8,10,12H,9,11H2,1H3,(H,20,25). The number of hydrogen-bond donors (Lipinski definition) is 1. The molecule has 0 radical (unpaired) electrons. The van der Waals surface area contributed by atoms with E-state index in [0.29, 0.717) is 0 Å². The number of H-pyrrole nitrogens is 1. The van der Waals surface area contributed by atoms with E-state index in [-0.39, 0.29) is 24.1 Å². The molecule has 0 aliphatic carbocycles. The third-order valence-electron chi connectivity index (χ3n) is 4.61. The van der Waals surface area contributed by atoms with E-state index in [0.717, 1.165) is 27.1 Å². The van der Waals surface area contributed by atoms with Crippen molar-refractivity contribution in [3.63, 3.8) is 0 Å². The first-order chi connectivity index (χ1) is 12.6. The molecule has 1 unspecified atom stereocenters. The number of anilines is 1. The highest BCUT2D eigenvalue weighted by molar-refractivity contribution is 7.09. The van der Waals surface area contributed by atoms with Gasteiger partial charge in [-0.15, -0.1) is 11.3 Å². The number of hydrogen-bond acceptors (Lipinski definition) is 4. The van der Waals surface area contributed by atoms with Crippen molar-refractivity contribution < 1.29 is 4.79 Å². The van der Waals surface area contributed by atoms with E-state index < -0.39 is 11.2 Å². The molecule has 3 heterocycles. The average molecular weight is 367 g/mol. The lowest BCUT2D eigenvalue weighted by Gasteiger charge is -2.22. The second-order valence-electron chi connectivity index (χ2n) is 6.34. The number of carbonyl (C=O) groups excluding carboxylic acids is 1. The lowest BCUT2D eigenvalue weighted by molar-refractivity contribution is 0.0979. The molecule has 6 nitrogen and oxygen atoms in total. The highest BCUT2D eigenvalue weighted by Crippen LogP contribution is 2.32. The van der Waals surface area contributed by atoms with E-state index in [1.807, 2.05) is 48.7 Å². The first-order valence-electron chi connectivity index (χ1n) is 8.32. The van der Waals surface area contributed by atoms with Gasteiger partial charge in [0.15, 0.2) is 0 Å². The van der Waals surface area contributed by atoms with Crippen LogP contribution in [0.5, 0.6) is 0 Å². The molecule has 4 rings (SSSR count). The molecule has 1 atom stereocenters. The summed E-state index contributed by atoms with van der Waals surface area (Å²) in [5.74, 6) is -0.386. The molecule has 1 amide bonds. The number of fused-ring (bicyclic) bond motifs is 1. The van der Waals surface area contributed by atoms with E-state index in [9.17, 15) is 14.4 Å². The second-order valence-corrected chi connectivity index (χ2v) is 7.37. The van der Waals surface area contributed by atoms with Crippen LogP contribution in [0.1, 0.15) is 27.7 Å². The van der Waals surface area contributed by atoms with Gasteiger partial charge in [0.25, 0.3) is 11.5 Å². The van der Waals surface area contributed by atoms with Gasteiger partial charge in [-0.1, -0.05) is 24.3 Å². The Hall–Kier alpha value is -2.93. The minimum atomic E-state index is -0.566. The maximum atomic E-state index is 13.1. The van der Waals surface area contributed by atoms with Crippen LogP contribution in [0.4, 0.5) is 5.69 Å². The van der Waals surface area contributed by atoms with E-state index in [4.69, 9.17) is 0 Å². The number of aromatic nitrogens is 2. The van der Waals surface area contributed by atoms with E-state index in [2.05, 4.69) is 4.98 Å². The van der Waals surface area contributed by atoms with Crippen LogP contribution >= 0.6 is 11.3 Å². The molecule has 7 heteroatoms. The molecule has 0 fully saturated rings. The Morgan fingerprint density at radius 2 is 2.04 bits per heavy atom. The van der Waals surface area contributed by atoms with Crippen molar-refractivity contribution in [3.8, 4) is 0 Å². The van der Waals surface area contributed by atoms with Gasteiger partial charge in [-0.05, 0) is 36.4 Å². The Kier molecular flexibility index (Phi) is 4.08. The van der Waals surface area contributed by atoms with Crippen LogP contribution in [0.2, 0.25) is 0 Å². The number of para-hydroxylation sites is 1. The predicted octanol–water partition coefficient (Wildman–Crippen LogP) is 2.24. The fourth-order valence-electron chi connectivity index (χ4n) is 3.37. The second kappa shape index (κ2) is 6.42. The van der Waals surface area contributed by atoms with Crippen molar-refractivity contribution in [2.45, 2.75) is 25.9 Å². The molecular weight excluding hydrogens is 350 g/mol. The minimum Gasteiger partial charge on any atom is -0.313 e. The zero-order valence-electron chi connectivity index (χ0n) is 14.1. The van der Waals surface area contributed by atoms with Gasteiger partial charge < -0.3 is 9.88 Å². The molecule has 26 heavy (non-hydrogen) atoms. The van der Waals surface area contributed by atoms with E-state index >= 15 is 0 Å². The number of aromatic amines is 1. The molecule has 2 aromatic heterocycles. The molecule has 132 valence electrons. The van der Waals surface area contributed by atoms with Gasteiger partial charge in [-0.2, -0.15) is 0 Å². The smallest absolute Gasteiger partial charge is 0.313 e. The van der Waals surface area contributed by atoms with E-state index in [1.54, 1.807) is 4.90 Å². The maximum absolute atomic E-state index is 13.1. The number of rotatable bonds is 3. The van der Waals surface area contributed by atoms with Crippen molar-refractivity contribution in [2.24, 2.45) is 0 Å². The van der Waals surface area contributed by atoms with Crippen molar-refractivity contribution in [1.29, 1.82) is 0 Å². The summed E-state index contributed by atoms with van der Waals surface area (Å²) in [6.07, 6.45) is 1.97. The van der Waals surface area contributed by atoms with Gasteiger partial charge >= 0.3 is 5.69 Å². The summed E-state index contributed by atoms with van der Waals surface area (Å²) in [5.41, 5.74) is 0.792. The molecule has 1 aromatic carbocycles. The summed E-state index contributed by atoms with van der Waals surface area (Å²) in [5, 5.41) is 1.88. The van der Waals surface area contributed by atoms with Gasteiger partial charge in [0, 0.05) is 22.8 Å². The quantitative estimate of drug-likeness (QED) is 0.771. The number of carbonyl (C=O) groups is 1. The zero-order valence-corrected chi connectivity index (χ0v) is 15.0. The molecular formula is C19H17N3O3S. The molecule has 1 aliphatic heterocycles. The van der Waals surface area contributed by atoms with Crippen LogP contribution in [-0.4, -0.2) is 21.5 Å². The summed E-state index contributed by atoms with van der Waals surface area (Å²) in [6, 6.07) is 11.3. The molecule has 0 saturated heterocycles. The van der Waals surface area contributed by atoms with Crippen molar-refractivity contribution in [2.75, 3.05) is 4.90 Å². The average Bonchev–Trinajstić information content (AvgIpc) is 3.24. The Labute approximate surface area is 153 Å². The lowest BCUT2D eigenvalue weighted by atomic mass is 10.1. The number of benzene rings is 1. The Bertz CT molecular complexity index is 1080. The number of amides is 1. The van der Waals surface area contributed by atoms with Gasteiger partial charge in [0.05, 0.1) is 6.54 Å². The van der Waals surface area contributed by atoms with Crippen LogP contribution in [0, 0.1) is 0 Å². The predicted molar refractivity (Wildman–Crippen MR) is 101 cm³/mol. The van der Waals surface area contributed by atoms with E-state index in [1.165, 1.54) is 17.5 Å². The highest BCUT2D eigenvalue weighted by atomic mass is 32.1. The maximum Gasteiger partial charge on any atom is 0.328 e. The lowest BCUT2D eigenvalue weighted by Crippen LogP contribution is -2.43. The van der Waals surface area contributed by atoms with Gasteiger partial charge in [0.2, 0.25) is 0 Å². The molecule has 1 aliphatic rings. The minimum absolute atomic E-state index is 0.0234. The first kappa shape index (κ1) is 16.5. The van der Waals surface area contributed by atoms with Crippen LogP contribution < -0.4 is 16.1 Å². The molecule has 1 N–H and O–H groups in total. The molecule has 0 saturated carbocycles. The van der Waals surface area contributed by atoms with Crippen molar-refractivity contribution >= 4 is 22.9 Å². The fraction of sp³-hybridized carbons (Fsp3) is 0.211. The highest BCUT2D eigenvalue weighted by Gasteiger charge is 2.32. The SMILES string of the molecule is CC1Cc2ccccc2N1C(=O)c1c[nH]c(=O)n(Cc2cccs2)c1=O. The molecule has 0 spiro atoms. The van der Waals surface area contributed by atoms with Crippen LogP contribution in [0.15, 0.2) is 57.6 Å². The Morgan fingerprint density at radius 3 is 2.81 bits per heavy atom. The van der Waals surface area contributed by atoms with Gasteiger partial charge in [0.1, 0.15) is 5.56 Å². The van der Waals surface area contributed by atoms with Crippen molar-refractivity contribution in [1.82, 2.24) is 9.55 Å². The summed E-state index contributed by atoms with van der Waals surface area (Å²) in [4.78, 5) is 43.1.